The van der Waals surface area contributed by atoms with Crippen molar-refractivity contribution in [3.63, 3.8) is 0 Å². The molecule has 2 aliphatic rings. The van der Waals surface area contributed by atoms with E-state index in [2.05, 4.69) is 20.8 Å². The summed E-state index contributed by atoms with van der Waals surface area (Å²) in [6.07, 6.45) is 8.75. The molecule has 1 spiro atoms. The van der Waals surface area contributed by atoms with E-state index in [9.17, 15) is 0 Å². The topological polar surface area (TPSA) is 18.5 Å². The Morgan fingerprint density at radius 2 is 1.88 bits per heavy atom. The second kappa shape index (κ2) is 5.71. The quantitative estimate of drug-likeness (QED) is 0.738. The third-order valence-corrected chi connectivity index (χ3v) is 4.59. The number of rotatable bonds is 3. The normalized spacial score (nSPS) is 42.9. The molecule has 2 rings (SSSR count). The maximum absolute atomic E-state index is 6.38. The summed E-state index contributed by atoms with van der Waals surface area (Å²) in [6.45, 7) is 7.76. The van der Waals surface area contributed by atoms with Crippen LogP contribution in [0.1, 0.15) is 65.7 Å². The predicted octanol–water partition coefficient (Wildman–Crippen LogP) is 4.13. The van der Waals surface area contributed by atoms with Gasteiger partial charge in [-0.15, -0.1) is 0 Å². The van der Waals surface area contributed by atoms with Gasteiger partial charge >= 0.3 is 0 Å². The van der Waals surface area contributed by atoms with Gasteiger partial charge in [-0.25, -0.2) is 0 Å². The molecule has 0 radical (unpaired) electrons. The van der Waals surface area contributed by atoms with Gasteiger partial charge in [0.05, 0.1) is 12.7 Å². The number of hydrogen-bond acceptors (Lipinski definition) is 2. The highest BCUT2D eigenvalue weighted by Gasteiger charge is 2.43. The number of hydrogen-bond donors (Lipinski definition) is 0. The second-order valence-corrected chi connectivity index (χ2v) is 6.02. The zero-order chi connectivity index (χ0) is 12.3. The van der Waals surface area contributed by atoms with Gasteiger partial charge in [0, 0.05) is 18.8 Å². The molecule has 0 unspecified atom stereocenters. The van der Waals surface area contributed by atoms with Crippen molar-refractivity contribution in [3.05, 3.63) is 0 Å². The van der Waals surface area contributed by atoms with E-state index in [1.54, 1.807) is 0 Å². The molecule has 1 aliphatic carbocycles. The maximum atomic E-state index is 6.38. The molecule has 17 heavy (non-hydrogen) atoms. The molecular formula is C15H28O2. The van der Waals surface area contributed by atoms with Crippen LogP contribution in [0.5, 0.6) is 0 Å². The number of ether oxygens (including phenoxy) is 2. The van der Waals surface area contributed by atoms with Crippen molar-refractivity contribution in [2.75, 3.05) is 6.61 Å². The summed E-state index contributed by atoms with van der Waals surface area (Å²) in [5.41, 5.74) is 0. The monoisotopic (exact) mass is 240 g/mol. The third kappa shape index (κ3) is 3.03. The molecule has 1 saturated carbocycles. The maximum Gasteiger partial charge on any atom is 0.168 e. The summed E-state index contributed by atoms with van der Waals surface area (Å²) in [6, 6.07) is 0. The van der Waals surface area contributed by atoms with Crippen molar-refractivity contribution >= 4 is 0 Å². The Balaban J connectivity index is 1.97. The van der Waals surface area contributed by atoms with E-state index in [1.165, 1.54) is 32.1 Å². The highest BCUT2D eigenvalue weighted by molar-refractivity contribution is 4.85. The van der Waals surface area contributed by atoms with E-state index < -0.39 is 0 Å². The molecule has 1 saturated heterocycles. The Morgan fingerprint density at radius 1 is 1.18 bits per heavy atom. The fourth-order valence-corrected chi connectivity index (χ4v) is 3.20. The zero-order valence-corrected chi connectivity index (χ0v) is 11.7. The van der Waals surface area contributed by atoms with Crippen molar-refractivity contribution in [3.8, 4) is 0 Å². The van der Waals surface area contributed by atoms with E-state index in [-0.39, 0.29) is 5.79 Å². The average molecular weight is 240 g/mol. The van der Waals surface area contributed by atoms with Crippen LogP contribution in [0.3, 0.4) is 0 Å². The van der Waals surface area contributed by atoms with Gasteiger partial charge in [-0.3, -0.25) is 0 Å². The summed E-state index contributed by atoms with van der Waals surface area (Å²) in [4.78, 5) is 0. The molecule has 0 aromatic rings. The molecule has 0 aromatic heterocycles. The van der Waals surface area contributed by atoms with Gasteiger partial charge in [-0.1, -0.05) is 27.2 Å². The van der Waals surface area contributed by atoms with Crippen molar-refractivity contribution in [1.29, 1.82) is 0 Å². The van der Waals surface area contributed by atoms with Crippen molar-refractivity contribution in [1.82, 2.24) is 0 Å². The van der Waals surface area contributed by atoms with E-state index in [4.69, 9.17) is 9.47 Å². The lowest BCUT2D eigenvalue weighted by Gasteiger charge is -2.47. The Bertz CT molecular complexity index is 231. The van der Waals surface area contributed by atoms with E-state index >= 15 is 0 Å². The van der Waals surface area contributed by atoms with Gasteiger partial charge in [-0.05, 0) is 31.6 Å². The summed E-state index contributed by atoms with van der Waals surface area (Å²) < 4.78 is 12.5. The van der Waals surface area contributed by atoms with E-state index in [1.807, 2.05) is 0 Å². The molecule has 2 heteroatoms. The lowest BCUT2D eigenvalue weighted by molar-refractivity contribution is -0.325. The van der Waals surface area contributed by atoms with Gasteiger partial charge in [0.1, 0.15) is 0 Å². The fourth-order valence-electron chi connectivity index (χ4n) is 3.20. The Morgan fingerprint density at radius 3 is 2.47 bits per heavy atom. The first-order valence-corrected chi connectivity index (χ1v) is 7.51. The molecule has 0 amide bonds. The van der Waals surface area contributed by atoms with Crippen LogP contribution >= 0.6 is 0 Å². The van der Waals surface area contributed by atoms with Crippen LogP contribution < -0.4 is 0 Å². The van der Waals surface area contributed by atoms with Crippen molar-refractivity contribution < 1.29 is 9.47 Å². The van der Waals surface area contributed by atoms with Crippen LogP contribution in [0.4, 0.5) is 0 Å². The van der Waals surface area contributed by atoms with Crippen LogP contribution in [0, 0.1) is 11.8 Å². The van der Waals surface area contributed by atoms with Gasteiger partial charge in [0.25, 0.3) is 0 Å². The van der Waals surface area contributed by atoms with Crippen LogP contribution in [-0.4, -0.2) is 18.5 Å². The fraction of sp³-hybridized carbons (Fsp3) is 1.00. The molecule has 2 atom stereocenters. The minimum Gasteiger partial charge on any atom is -0.350 e. The molecule has 0 aromatic carbocycles. The molecular weight excluding hydrogens is 212 g/mol. The van der Waals surface area contributed by atoms with Crippen molar-refractivity contribution in [2.24, 2.45) is 11.8 Å². The molecule has 2 fully saturated rings. The lowest BCUT2D eigenvalue weighted by Crippen LogP contribution is -2.50. The van der Waals surface area contributed by atoms with Crippen LogP contribution in [0.2, 0.25) is 0 Å². The van der Waals surface area contributed by atoms with Crippen LogP contribution in [0.25, 0.3) is 0 Å². The standard InChI is InChI=1S/C15H28O2/c1-4-6-14-13(5-2)11-16-15(17-14)9-7-12(3)8-10-15/h12-14H,4-11H2,1-3H3/t12?,13-,14+,15?/m0/s1. The smallest absolute Gasteiger partial charge is 0.168 e. The summed E-state index contributed by atoms with van der Waals surface area (Å²) >= 11 is 0. The van der Waals surface area contributed by atoms with Crippen LogP contribution in [0.15, 0.2) is 0 Å². The molecule has 1 aliphatic heterocycles. The van der Waals surface area contributed by atoms with Gasteiger partial charge in [-0.2, -0.15) is 0 Å². The first-order chi connectivity index (χ1) is 8.19. The molecule has 1 heterocycles. The third-order valence-electron chi connectivity index (χ3n) is 4.59. The highest BCUT2D eigenvalue weighted by atomic mass is 16.7. The van der Waals surface area contributed by atoms with E-state index in [0.717, 1.165) is 25.4 Å². The van der Waals surface area contributed by atoms with Gasteiger partial charge in [0.15, 0.2) is 5.79 Å². The van der Waals surface area contributed by atoms with Crippen LogP contribution in [-0.2, 0) is 9.47 Å². The minimum atomic E-state index is -0.210. The minimum absolute atomic E-state index is 0.210. The SMILES string of the molecule is CCC[C@H]1OC2(CCC(C)CC2)OC[C@@H]1CC. The van der Waals surface area contributed by atoms with E-state index in [0.29, 0.717) is 12.0 Å². The largest absolute Gasteiger partial charge is 0.350 e. The summed E-state index contributed by atoms with van der Waals surface area (Å²) in [5.74, 6) is 1.25. The van der Waals surface area contributed by atoms with Crippen molar-refractivity contribution in [2.45, 2.75) is 77.6 Å². The zero-order valence-electron chi connectivity index (χ0n) is 11.7. The summed E-state index contributed by atoms with van der Waals surface area (Å²) in [5, 5.41) is 0. The Kier molecular flexibility index (Phi) is 4.48. The molecule has 0 N–H and O–H groups in total. The predicted molar refractivity (Wildman–Crippen MR) is 69.9 cm³/mol. The Hall–Kier alpha value is -0.0800. The molecule has 2 nitrogen and oxygen atoms in total. The molecule has 100 valence electrons. The highest BCUT2D eigenvalue weighted by Crippen LogP contribution is 2.41. The first kappa shape index (κ1) is 13.4. The lowest BCUT2D eigenvalue weighted by atomic mass is 9.84. The first-order valence-electron chi connectivity index (χ1n) is 7.51. The molecule has 0 bridgehead atoms. The second-order valence-electron chi connectivity index (χ2n) is 6.02. The average Bonchev–Trinajstić information content (AvgIpc) is 2.34. The van der Waals surface area contributed by atoms with Gasteiger partial charge in [0.2, 0.25) is 0 Å². The Labute approximate surface area is 106 Å². The van der Waals surface area contributed by atoms with Gasteiger partial charge < -0.3 is 9.47 Å². The summed E-state index contributed by atoms with van der Waals surface area (Å²) in [7, 11) is 0.